The van der Waals surface area contributed by atoms with Crippen LogP contribution in [0.25, 0.3) is 0 Å². The molecule has 2 aliphatic heterocycles. The minimum absolute atomic E-state index is 0.0662. The van der Waals surface area contributed by atoms with E-state index in [1.165, 1.54) is 6.07 Å². The average Bonchev–Trinajstić information content (AvgIpc) is 2.69. The quantitative estimate of drug-likeness (QED) is 0.880. The molecule has 1 N–H and O–H groups in total. The van der Waals surface area contributed by atoms with E-state index in [0.29, 0.717) is 19.0 Å². The first kappa shape index (κ1) is 19.8. The third-order valence-corrected chi connectivity index (χ3v) is 6.03. The first-order valence-electron chi connectivity index (χ1n) is 10.0. The summed E-state index contributed by atoms with van der Waals surface area (Å²) < 4.78 is 13.7. The van der Waals surface area contributed by atoms with E-state index in [0.717, 1.165) is 38.8 Å². The SMILES string of the molecule is CC1CCN(C(=O)C2CCN(C(C)C(=O)Nc3ccccc3F)CC2)CC1. The molecule has 2 fully saturated rings. The van der Waals surface area contributed by atoms with Gasteiger partial charge in [-0.1, -0.05) is 19.1 Å². The van der Waals surface area contributed by atoms with Gasteiger partial charge >= 0.3 is 0 Å². The number of rotatable bonds is 4. The van der Waals surface area contributed by atoms with Crippen LogP contribution in [0.4, 0.5) is 10.1 Å². The van der Waals surface area contributed by atoms with Gasteiger partial charge in [-0.25, -0.2) is 4.39 Å². The van der Waals surface area contributed by atoms with Crippen LogP contribution in [-0.2, 0) is 9.59 Å². The summed E-state index contributed by atoms with van der Waals surface area (Å²) in [6.45, 7) is 7.26. The standard InChI is InChI=1S/C21H30FN3O2/c1-15-7-11-25(12-8-15)21(27)17-9-13-24(14-10-17)16(2)20(26)23-19-6-4-3-5-18(19)22/h3-6,15-17H,7-14H2,1-2H3,(H,23,26). The molecule has 0 saturated carbocycles. The number of amides is 2. The summed E-state index contributed by atoms with van der Waals surface area (Å²) in [5.74, 6) is 0.416. The molecule has 1 aromatic rings. The van der Waals surface area contributed by atoms with E-state index >= 15 is 0 Å². The summed E-state index contributed by atoms with van der Waals surface area (Å²) in [6.07, 6.45) is 3.75. The lowest BCUT2D eigenvalue weighted by atomic mass is 9.92. The van der Waals surface area contributed by atoms with Gasteiger partial charge in [0.1, 0.15) is 5.82 Å². The van der Waals surface area contributed by atoms with Crippen molar-refractivity contribution in [3.63, 3.8) is 0 Å². The summed E-state index contributed by atoms with van der Waals surface area (Å²) in [5, 5.41) is 2.67. The second-order valence-corrected chi connectivity index (χ2v) is 7.96. The van der Waals surface area contributed by atoms with Gasteiger partial charge in [0, 0.05) is 19.0 Å². The van der Waals surface area contributed by atoms with Crippen molar-refractivity contribution >= 4 is 17.5 Å². The van der Waals surface area contributed by atoms with Crippen LogP contribution in [0.3, 0.4) is 0 Å². The van der Waals surface area contributed by atoms with Crippen molar-refractivity contribution in [2.75, 3.05) is 31.5 Å². The summed E-state index contributed by atoms with van der Waals surface area (Å²) in [5.41, 5.74) is 0.207. The molecule has 5 nitrogen and oxygen atoms in total. The van der Waals surface area contributed by atoms with E-state index in [1.807, 2.05) is 11.8 Å². The van der Waals surface area contributed by atoms with Gasteiger partial charge in [-0.15, -0.1) is 0 Å². The molecule has 2 saturated heterocycles. The number of para-hydroxylation sites is 1. The number of nitrogens with one attached hydrogen (secondary N) is 1. The van der Waals surface area contributed by atoms with E-state index < -0.39 is 5.82 Å². The number of anilines is 1. The number of hydrogen-bond donors (Lipinski definition) is 1. The average molecular weight is 375 g/mol. The zero-order valence-electron chi connectivity index (χ0n) is 16.3. The highest BCUT2D eigenvalue weighted by molar-refractivity contribution is 5.94. The van der Waals surface area contributed by atoms with Crippen molar-refractivity contribution in [3.05, 3.63) is 30.1 Å². The number of hydrogen-bond acceptors (Lipinski definition) is 3. The summed E-state index contributed by atoms with van der Waals surface area (Å²) >= 11 is 0. The molecular formula is C21H30FN3O2. The Bertz CT molecular complexity index is 665. The normalized spacial score (nSPS) is 21.1. The van der Waals surface area contributed by atoms with E-state index in [1.54, 1.807) is 18.2 Å². The molecule has 0 radical (unpaired) electrons. The Balaban J connectivity index is 1.48. The van der Waals surface area contributed by atoms with Crippen LogP contribution in [0.5, 0.6) is 0 Å². The van der Waals surface area contributed by atoms with Gasteiger partial charge in [0.05, 0.1) is 11.7 Å². The fraction of sp³-hybridized carbons (Fsp3) is 0.619. The van der Waals surface area contributed by atoms with Crippen molar-refractivity contribution in [3.8, 4) is 0 Å². The first-order valence-corrected chi connectivity index (χ1v) is 10.0. The minimum atomic E-state index is -0.432. The van der Waals surface area contributed by atoms with Crippen molar-refractivity contribution < 1.29 is 14.0 Å². The van der Waals surface area contributed by atoms with E-state index in [9.17, 15) is 14.0 Å². The van der Waals surface area contributed by atoms with Gasteiger partial charge in [0.25, 0.3) is 0 Å². The van der Waals surface area contributed by atoms with Crippen LogP contribution in [0.1, 0.15) is 39.5 Å². The predicted molar refractivity (Wildman–Crippen MR) is 104 cm³/mol. The third-order valence-electron chi connectivity index (χ3n) is 6.03. The fourth-order valence-electron chi connectivity index (χ4n) is 3.99. The maximum absolute atomic E-state index is 13.7. The largest absolute Gasteiger partial charge is 0.342 e. The molecule has 148 valence electrons. The van der Waals surface area contributed by atoms with Gasteiger partial charge < -0.3 is 10.2 Å². The Kier molecular flexibility index (Phi) is 6.47. The number of carbonyl (C=O) groups excluding carboxylic acids is 2. The summed E-state index contributed by atoms with van der Waals surface area (Å²) in [7, 11) is 0. The molecule has 2 amide bonds. The predicted octanol–water partition coefficient (Wildman–Crippen LogP) is 3.12. The second-order valence-electron chi connectivity index (χ2n) is 7.96. The van der Waals surface area contributed by atoms with E-state index in [4.69, 9.17) is 0 Å². The van der Waals surface area contributed by atoms with Crippen molar-refractivity contribution in [2.45, 2.75) is 45.6 Å². The molecule has 2 heterocycles. The molecular weight excluding hydrogens is 345 g/mol. The highest BCUT2D eigenvalue weighted by Crippen LogP contribution is 2.25. The molecule has 0 aromatic heterocycles. The number of carbonyl (C=O) groups is 2. The van der Waals surface area contributed by atoms with Crippen LogP contribution in [-0.4, -0.2) is 53.8 Å². The van der Waals surface area contributed by atoms with Crippen molar-refractivity contribution in [1.82, 2.24) is 9.80 Å². The minimum Gasteiger partial charge on any atom is -0.342 e. The first-order chi connectivity index (χ1) is 13.0. The van der Waals surface area contributed by atoms with Gasteiger partial charge in [0.2, 0.25) is 11.8 Å². The third kappa shape index (κ3) is 4.86. The monoisotopic (exact) mass is 375 g/mol. The van der Waals surface area contributed by atoms with Gasteiger partial charge in [-0.3, -0.25) is 14.5 Å². The lowest BCUT2D eigenvalue weighted by molar-refractivity contribution is -0.138. The van der Waals surface area contributed by atoms with Gasteiger partial charge in [0.15, 0.2) is 0 Å². The Morgan fingerprint density at radius 3 is 2.33 bits per heavy atom. The smallest absolute Gasteiger partial charge is 0.241 e. The Labute approximate surface area is 160 Å². The zero-order chi connectivity index (χ0) is 19.4. The van der Waals surface area contributed by atoms with E-state index in [-0.39, 0.29) is 29.5 Å². The van der Waals surface area contributed by atoms with Gasteiger partial charge in [-0.2, -0.15) is 0 Å². The van der Waals surface area contributed by atoms with Crippen LogP contribution in [0.15, 0.2) is 24.3 Å². The summed E-state index contributed by atoms with van der Waals surface area (Å²) in [4.78, 5) is 29.3. The molecule has 1 unspecified atom stereocenters. The number of benzene rings is 1. The number of piperidine rings is 2. The highest BCUT2D eigenvalue weighted by atomic mass is 19.1. The van der Waals surface area contributed by atoms with Crippen molar-refractivity contribution in [2.24, 2.45) is 11.8 Å². The number of nitrogens with zero attached hydrogens (tertiary/aromatic N) is 2. The molecule has 3 rings (SSSR count). The molecule has 0 spiro atoms. The maximum atomic E-state index is 13.7. The zero-order valence-corrected chi connectivity index (χ0v) is 16.3. The molecule has 27 heavy (non-hydrogen) atoms. The molecule has 0 bridgehead atoms. The van der Waals surface area contributed by atoms with Crippen LogP contribution in [0.2, 0.25) is 0 Å². The van der Waals surface area contributed by atoms with Gasteiger partial charge in [-0.05, 0) is 63.7 Å². The van der Waals surface area contributed by atoms with E-state index in [2.05, 4.69) is 17.1 Å². The topological polar surface area (TPSA) is 52.7 Å². The van der Waals surface area contributed by atoms with Crippen LogP contribution < -0.4 is 5.32 Å². The Morgan fingerprint density at radius 2 is 1.70 bits per heavy atom. The lowest BCUT2D eigenvalue weighted by Crippen LogP contribution is -2.49. The molecule has 6 heteroatoms. The molecule has 2 aliphatic rings. The molecule has 0 aliphatic carbocycles. The number of halogens is 1. The van der Waals surface area contributed by atoms with Crippen LogP contribution in [0, 0.1) is 17.7 Å². The van der Waals surface area contributed by atoms with Crippen molar-refractivity contribution in [1.29, 1.82) is 0 Å². The second kappa shape index (κ2) is 8.83. The fourth-order valence-corrected chi connectivity index (χ4v) is 3.99. The molecule has 1 atom stereocenters. The number of likely N-dealkylation sites (tertiary alicyclic amines) is 2. The Hall–Kier alpha value is -1.95. The molecule has 1 aromatic carbocycles. The maximum Gasteiger partial charge on any atom is 0.241 e. The Morgan fingerprint density at radius 1 is 1.07 bits per heavy atom. The van der Waals surface area contributed by atoms with Crippen LogP contribution >= 0.6 is 0 Å². The lowest BCUT2D eigenvalue weighted by Gasteiger charge is -2.38. The summed E-state index contributed by atoms with van der Waals surface area (Å²) in [6, 6.07) is 5.83. The highest BCUT2D eigenvalue weighted by Gasteiger charge is 2.32.